The summed E-state index contributed by atoms with van der Waals surface area (Å²) in [5, 5.41) is 16.9. The smallest absolute Gasteiger partial charge is 0.339 e. The van der Waals surface area contributed by atoms with Crippen LogP contribution in [-0.4, -0.2) is 45.3 Å². The molecule has 0 aliphatic carbocycles. The lowest BCUT2D eigenvalue weighted by Crippen LogP contribution is -2.23. The van der Waals surface area contributed by atoms with Gasteiger partial charge in [-0.15, -0.1) is 0 Å². The number of carboxylic acid groups (broad SMARTS) is 1. The second kappa shape index (κ2) is 9.64. The molecule has 2 aromatic heterocycles. The second-order valence-corrected chi connectivity index (χ2v) is 8.02. The van der Waals surface area contributed by atoms with Crippen molar-refractivity contribution in [3.05, 3.63) is 70.2 Å². The number of anilines is 2. The predicted molar refractivity (Wildman–Crippen MR) is 125 cm³/mol. The van der Waals surface area contributed by atoms with Crippen LogP contribution in [0.25, 0.3) is 0 Å². The summed E-state index contributed by atoms with van der Waals surface area (Å²) < 4.78 is 1.88. The zero-order valence-corrected chi connectivity index (χ0v) is 19.1. The molecule has 32 heavy (non-hydrogen) atoms. The van der Waals surface area contributed by atoms with Gasteiger partial charge in [0.1, 0.15) is 11.4 Å². The lowest BCUT2D eigenvalue weighted by atomic mass is 10.1. The number of aryl methyl sites for hydroxylation is 3. The van der Waals surface area contributed by atoms with E-state index in [1.807, 2.05) is 50.5 Å². The molecule has 3 aromatic rings. The van der Waals surface area contributed by atoms with Crippen LogP contribution in [0.4, 0.5) is 11.5 Å². The van der Waals surface area contributed by atoms with Crippen LogP contribution in [0.2, 0.25) is 0 Å². The highest BCUT2D eigenvalue weighted by Crippen LogP contribution is 2.22. The van der Waals surface area contributed by atoms with E-state index in [9.17, 15) is 14.7 Å². The Hall–Kier alpha value is -3.68. The fourth-order valence-corrected chi connectivity index (χ4v) is 3.76. The largest absolute Gasteiger partial charge is 0.478 e. The number of carboxylic acids is 1. The molecular weight excluding hydrogens is 406 g/mol. The summed E-state index contributed by atoms with van der Waals surface area (Å²) in [5.41, 5.74) is 5.24. The van der Waals surface area contributed by atoms with Crippen molar-refractivity contribution in [1.82, 2.24) is 14.8 Å². The minimum Gasteiger partial charge on any atom is -0.478 e. The molecule has 2 heterocycles. The van der Waals surface area contributed by atoms with Gasteiger partial charge in [0.2, 0.25) is 0 Å². The normalized spacial score (nSPS) is 10.8. The van der Waals surface area contributed by atoms with E-state index in [-0.39, 0.29) is 11.5 Å². The number of nitrogens with one attached hydrogen (secondary N) is 1. The molecule has 0 radical (unpaired) electrons. The lowest BCUT2D eigenvalue weighted by molar-refractivity contribution is 0.0696. The molecule has 8 heteroatoms. The van der Waals surface area contributed by atoms with Crippen LogP contribution >= 0.6 is 0 Å². The number of rotatable bonds is 8. The molecule has 0 saturated heterocycles. The quantitative estimate of drug-likeness (QED) is 0.559. The Morgan fingerprint density at radius 1 is 1.19 bits per heavy atom. The van der Waals surface area contributed by atoms with E-state index >= 15 is 0 Å². The fraction of sp³-hybridized carbons (Fsp3) is 0.333. The maximum Gasteiger partial charge on any atom is 0.339 e. The Balaban J connectivity index is 1.71. The van der Waals surface area contributed by atoms with Crippen LogP contribution in [0.1, 0.15) is 49.7 Å². The van der Waals surface area contributed by atoms with Gasteiger partial charge in [0.05, 0.1) is 17.6 Å². The number of pyridine rings is 1. The van der Waals surface area contributed by atoms with Crippen molar-refractivity contribution >= 4 is 23.4 Å². The number of amides is 1. The summed E-state index contributed by atoms with van der Waals surface area (Å²) in [6.45, 7) is 6.59. The average Bonchev–Trinajstić information content (AvgIpc) is 2.99. The number of hydrogen-bond acceptors (Lipinski definition) is 5. The molecule has 1 aromatic carbocycles. The molecule has 0 aliphatic heterocycles. The Bertz CT molecular complexity index is 1150. The van der Waals surface area contributed by atoms with E-state index < -0.39 is 5.97 Å². The summed E-state index contributed by atoms with van der Waals surface area (Å²) in [5.74, 6) is -1.04. The summed E-state index contributed by atoms with van der Waals surface area (Å²) >= 11 is 0. The van der Waals surface area contributed by atoms with Crippen LogP contribution in [-0.2, 0) is 13.5 Å². The number of benzene rings is 1. The van der Waals surface area contributed by atoms with Crippen LogP contribution in [0.3, 0.4) is 0 Å². The highest BCUT2D eigenvalue weighted by Gasteiger charge is 2.18. The molecule has 8 nitrogen and oxygen atoms in total. The molecule has 0 aliphatic rings. The highest BCUT2D eigenvalue weighted by atomic mass is 16.4. The number of carbonyl (C=O) groups is 2. The van der Waals surface area contributed by atoms with Crippen LogP contribution in [0.15, 0.2) is 36.5 Å². The lowest BCUT2D eigenvalue weighted by Gasteiger charge is -2.20. The van der Waals surface area contributed by atoms with Gasteiger partial charge in [0.15, 0.2) is 0 Å². The van der Waals surface area contributed by atoms with Crippen molar-refractivity contribution in [3.8, 4) is 0 Å². The van der Waals surface area contributed by atoms with Gasteiger partial charge in [-0.1, -0.05) is 17.7 Å². The van der Waals surface area contributed by atoms with Crippen molar-refractivity contribution in [1.29, 1.82) is 0 Å². The monoisotopic (exact) mass is 435 g/mol. The molecule has 0 fully saturated rings. The topological polar surface area (TPSA) is 100 Å². The molecule has 0 saturated carbocycles. The third kappa shape index (κ3) is 5.14. The number of nitrogens with zero attached hydrogens (tertiary/aromatic N) is 4. The van der Waals surface area contributed by atoms with Crippen LogP contribution < -0.4 is 10.2 Å². The van der Waals surface area contributed by atoms with Crippen molar-refractivity contribution < 1.29 is 14.7 Å². The molecule has 2 N–H and O–H groups in total. The summed E-state index contributed by atoms with van der Waals surface area (Å²) in [4.78, 5) is 30.5. The van der Waals surface area contributed by atoms with Gasteiger partial charge in [-0.05, 0) is 57.4 Å². The molecule has 1 amide bonds. The summed E-state index contributed by atoms with van der Waals surface area (Å²) in [6, 6.07) is 8.64. The van der Waals surface area contributed by atoms with Crippen molar-refractivity contribution in [3.63, 3.8) is 0 Å². The number of hydrogen-bond donors (Lipinski definition) is 2. The third-order valence-electron chi connectivity index (χ3n) is 5.58. The van der Waals surface area contributed by atoms with Crippen LogP contribution in [0, 0.1) is 20.8 Å². The van der Waals surface area contributed by atoms with Gasteiger partial charge in [0, 0.05) is 31.9 Å². The van der Waals surface area contributed by atoms with Gasteiger partial charge in [0.25, 0.3) is 5.91 Å². The van der Waals surface area contributed by atoms with E-state index in [1.54, 1.807) is 18.2 Å². The third-order valence-corrected chi connectivity index (χ3v) is 5.58. The van der Waals surface area contributed by atoms with E-state index in [1.165, 1.54) is 17.8 Å². The second-order valence-electron chi connectivity index (χ2n) is 8.02. The maximum atomic E-state index is 12.5. The van der Waals surface area contributed by atoms with Gasteiger partial charge in [-0.3, -0.25) is 9.48 Å². The zero-order chi connectivity index (χ0) is 23.4. The number of aromatic carboxylic acids is 1. The molecule has 0 bridgehead atoms. The van der Waals surface area contributed by atoms with Gasteiger partial charge >= 0.3 is 5.97 Å². The molecule has 0 unspecified atom stereocenters. The molecule has 0 spiro atoms. The van der Waals surface area contributed by atoms with Crippen molar-refractivity contribution in [2.45, 2.75) is 33.6 Å². The Labute approximate surface area is 187 Å². The first kappa shape index (κ1) is 23.0. The fourth-order valence-electron chi connectivity index (χ4n) is 3.76. The van der Waals surface area contributed by atoms with Gasteiger partial charge < -0.3 is 15.3 Å². The SMILES string of the molecule is Cc1cccc(C(=O)Nc2cnc(N(C)CCCc3c(C)nn(C)c3C)c(C(=O)O)c2)c1. The van der Waals surface area contributed by atoms with Gasteiger partial charge in [-0.2, -0.15) is 5.10 Å². The Morgan fingerprint density at radius 3 is 2.56 bits per heavy atom. The zero-order valence-electron chi connectivity index (χ0n) is 19.1. The summed E-state index contributed by atoms with van der Waals surface area (Å²) in [6.07, 6.45) is 3.17. The minimum absolute atomic E-state index is 0.0447. The van der Waals surface area contributed by atoms with Gasteiger partial charge in [-0.25, -0.2) is 9.78 Å². The predicted octanol–water partition coefficient (Wildman–Crippen LogP) is 3.76. The Morgan fingerprint density at radius 2 is 1.94 bits per heavy atom. The average molecular weight is 436 g/mol. The highest BCUT2D eigenvalue weighted by molar-refractivity contribution is 6.05. The van der Waals surface area contributed by atoms with E-state index in [2.05, 4.69) is 15.4 Å². The van der Waals surface area contributed by atoms with Crippen molar-refractivity contribution in [2.24, 2.45) is 7.05 Å². The first-order valence-corrected chi connectivity index (χ1v) is 10.5. The molecular formula is C24H29N5O3. The number of carbonyl (C=O) groups excluding carboxylic acids is 1. The first-order chi connectivity index (χ1) is 15.2. The van der Waals surface area contributed by atoms with E-state index in [0.29, 0.717) is 23.6 Å². The molecule has 0 atom stereocenters. The standard InChI is InChI=1S/C24H29N5O3/c1-15-8-6-9-18(12-15)23(30)26-19-13-21(24(31)32)22(25-14-19)28(4)11-7-10-20-16(2)27-29(5)17(20)3/h6,8-9,12-14H,7,10-11H2,1-5H3,(H,26,30)(H,31,32). The summed E-state index contributed by atoms with van der Waals surface area (Å²) in [7, 11) is 3.75. The van der Waals surface area contributed by atoms with Crippen molar-refractivity contribution in [2.75, 3.05) is 23.8 Å². The molecule has 168 valence electrons. The van der Waals surface area contributed by atoms with E-state index in [0.717, 1.165) is 29.8 Å². The number of aromatic nitrogens is 3. The minimum atomic E-state index is -1.09. The molecule has 3 rings (SSSR count). The van der Waals surface area contributed by atoms with Crippen LogP contribution in [0.5, 0.6) is 0 Å². The van der Waals surface area contributed by atoms with E-state index in [4.69, 9.17) is 0 Å². The Kier molecular flexibility index (Phi) is 6.92. The maximum absolute atomic E-state index is 12.5. The first-order valence-electron chi connectivity index (χ1n) is 10.5.